The molecule has 1 fully saturated rings. The number of carbonyl (C=O) groups excluding carboxylic acids is 2. The molecule has 6 nitrogen and oxygen atoms in total. The normalized spacial score (nSPS) is 16.1. The van der Waals surface area contributed by atoms with Crippen LogP contribution in [-0.2, 0) is 11.8 Å². The second-order valence-electron chi connectivity index (χ2n) is 5.43. The van der Waals surface area contributed by atoms with Gasteiger partial charge in [0.25, 0.3) is 5.91 Å². The lowest BCUT2D eigenvalue weighted by Gasteiger charge is -2.33. The summed E-state index contributed by atoms with van der Waals surface area (Å²) in [7, 11) is 1.78. The first-order valence-electron chi connectivity index (χ1n) is 7.52. The Balaban J connectivity index is 1.87. The molecule has 2 amide bonds. The molecule has 0 aliphatic carbocycles. The SMILES string of the molecule is CCN(CC(=O)NC(=O)c1cccn1C)C1CCNCC1. The van der Waals surface area contributed by atoms with Gasteiger partial charge >= 0.3 is 0 Å². The smallest absolute Gasteiger partial charge is 0.274 e. The fourth-order valence-corrected chi connectivity index (χ4v) is 2.78. The van der Waals surface area contributed by atoms with Crippen LogP contribution in [0.25, 0.3) is 0 Å². The molecule has 1 aromatic heterocycles. The van der Waals surface area contributed by atoms with Gasteiger partial charge in [0.2, 0.25) is 5.91 Å². The number of hydrogen-bond donors (Lipinski definition) is 2. The van der Waals surface area contributed by atoms with Crippen molar-refractivity contribution < 1.29 is 9.59 Å². The Bertz CT molecular complexity index is 492. The van der Waals surface area contributed by atoms with Crippen molar-refractivity contribution in [1.82, 2.24) is 20.1 Å². The molecule has 6 heteroatoms. The van der Waals surface area contributed by atoms with E-state index in [0.717, 1.165) is 32.5 Å². The molecular formula is C15H24N4O2. The molecule has 2 N–H and O–H groups in total. The third kappa shape index (κ3) is 4.15. The standard InChI is InChI=1S/C15H24N4O2/c1-3-19(12-6-8-16-9-7-12)11-14(20)17-15(21)13-5-4-10-18(13)2/h4-5,10,12,16H,3,6-9,11H2,1-2H3,(H,17,20,21). The molecule has 2 rings (SSSR count). The summed E-state index contributed by atoms with van der Waals surface area (Å²) in [5, 5.41) is 5.79. The van der Waals surface area contributed by atoms with Crippen LogP contribution in [0, 0.1) is 0 Å². The highest BCUT2D eigenvalue weighted by Crippen LogP contribution is 2.11. The minimum Gasteiger partial charge on any atom is -0.347 e. The van der Waals surface area contributed by atoms with E-state index in [2.05, 4.69) is 15.5 Å². The number of rotatable bonds is 5. The van der Waals surface area contributed by atoms with Crippen molar-refractivity contribution in [1.29, 1.82) is 0 Å². The van der Waals surface area contributed by atoms with Crippen molar-refractivity contribution in [2.24, 2.45) is 7.05 Å². The maximum atomic E-state index is 12.1. The molecule has 2 heterocycles. The summed E-state index contributed by atoms with van der Waals surface area (Å²) in [6, 6.07) is 3.91. The fourth-order valence-electron chi connectivity index (χ4n) is 2.78. The van der Waals surface area contributed by atoms with E-state index in [0.29, 0.717) is 11.7 Å². The topological polar surface area (TPSA) is 66.4 Å². The van der Waals surface area contributed by atoms with Gasteiger partial charge in [0, 0.05) is 19.3 Å². The number of likely N-dealkylation sites (N-methyl/N-ethyl adjacent to an activating group) is 1. The number of carbonyl (C=O) groups is 2. The average molecular weight is 292 g/mol. The molecule has 116 valence electrons. The fraction of sp³-hybridized carbons (Fsp3) is 0.600. The predicted octanol–water partition coefficient (Wildman–Crippen LogP) is 0.355. The molecule has 1 aliphatic rings. The van der Waals surface area contributed by atoms with Gasteiger partial charge in [-0.2, -0.15) is 0 Å². The van der Waals surface area contributed by atoms with Gasteiger partial charge in [0.05, 0.1) is 6.54 Å². The van der Waals surface area contributed by atoms with Crippen molar-refractivity contribution in [2.75, 3.05) is 26.2 Å². The Hall–Kier alpha value is -1.66. The Kier molecular flexibility index (Phi) is 5.52. The third-order valence-corrected chi connectivity index (χ3v) is 4.01. The van der Waals surface area contributed by atoms with Gasteiger partial charge in [-0.3, -0.25) is 19.8 Å². The first-order valence-corrected chi connectivity index (χ1v) is 7.52. The summed E-state index contributed by atoms with van der Waals surface area (Å²) in [6.07, 6.45) is 3.88. The maximum absolute atomic E-state index is 12.1. The molecular weight excluding hydrogens is 268 g/mol. The summed E-state index contributed by atoms with van der Waals surface area (Å²) in [5.41, 5.74) is 0.494. The largest absolute Gasteiger partial charge is 0.347 e. The highest BCUT2D eigenvalue weighted by Gasteiger charge is 2.22. The minimum absolute atomic E-state index is 0.235. The van der Waals surface area contributed by atoms with Gasteiger partial charge in [-0.25, -0.2) is 0 Å². The number of nitrogens with zero attached hydrogens (tertiary/aromatic N) is 2. The molecule has 0 radical (unpaired) electrons. The quantitative estimate of drug-likeness (QED) is 0.822. The number of amides is 2. The average Bonchev–Trinajstić information content (AvgIpc) is 2.92. The van der Waals surface area contributed by atoms with E-state index in [9.17, 15) is 9.59 Å². The van der Waals surface area contributed by atoms with Crippen LogP contribution in [-0.4, -0.2) is 53.5 Å². The van der Waals surface area contributed by atoms with Crippen LogP contribution in [0.5, 0.6) is 0 Å². The minimum atomic E-state index is -0.339. The first kappa shape index (κ1) is 15.7. The van der Waals surface area contributed by atoms with Crippen molar-refractivity contribution >= 4 is 11.8 Å². The molecule has 0 saturated carbocycles. The van der Waals surface area contributed by atoms with Gasteiger partial charge in [-0.05, 0) is 44.6 Å². The Labute approximate surface area is 125 Å². The number of imide groups is 1. The van der Waals surface area contributed by atoms with Crippen LogP contribution in [0.2, 0.25) is 0 Å². The van der Waals surface area contributed by atoms with Crippen LogP contribution < -0.4 is 10.6 Å². The van der Waals surface area contributed by atoms with Gasteiger partial charge < -0.3 is 9.88 Å². The van der Waals surface area contributed by atoms with Crippen LogP contribution in [0.4, 0.5) is 0 Å². The lowest BCUT2D eigenvalue weighted by atomic mass is 10.0. The van der Waals surface area contributed by atoms with E-state index in [-0.39, 0.29) is 18.4 Å². The molecule has 0 bridgehead atoms. The number of aryl methyl sites for hydroxylation is 1. The summed E-state index contributed by atoms with van der Waals surface area (Å²) in [6.45, 7) is 5.12. The molecule has 1 aliphatic heterocycles. The Morgan fingerprint density at radius 1 is 1.43 bits per heavy atom. The van der Waals surface area contributed by atoms with Crippen molar-refractivity contribution in [3.05, 3.63) is 24.0 Å². The molecule has 1 saturated heterocycles. The highest BCUT2D eigenvalue weighted by molar-refractivity contribution is 6.04. The number of piperidine rings is 1. The summed E-state index contributed by atoms with van der Waals surface area (Å²) < 4.78 is 1.70. The predicted molar refractivity (Wildman–Crippen MR) is 81.0 cm³/mol. The summed E-state index contributed by atoms with van der Waals surface area (Å²) >= 11 is 0. The van der Waals surface area contributed by atoms with Crippen LogP contribution in [0.15, 0.2) is 18.3 Å². The van der Waals surface area contributed by atoms with Gasteiger partial charge in [0.15, 0.2) is 0 Å². The first-order chi connectivity index (χ1) is 10.1. The van der Waals surface area contributed by atoms with E-state index in [1.54, 1.807) is 29.9 Å². The second kappa shape index (κ2) is 7.38. The number of aromatic nitrogens is 1. The lowest BCUT2D eigenvalue weighted by molar-refractivity contribution is -0.121. The lowest BCUT2D eigenvalue weighted by Crippen LogP contribution is -2.48. The van der Waals surface area contributed by atoms with Crippen molar-refractivity contribution in [3.63, 3.8) is 0 Å². The molecule has 0 unspecified atom stereocenters. The number of hydrogen-bond acceptors (Lipinski definition) is 4. The molecule has 21 heavy (non-hydrogen) atoms. The van der Waals surface area contributed by atoms with E-state index in [1.165, 1.54) is 0 Å². The highest BCUT2D eigenvalue weighted by atomic mass is 16.2. The van der Waals surface area contributed by atoms with Gasteiger partial charge in [-0.15, -0.1) is 0 Å². The Morgan fingerprint density at radius 2 is 2.14 bits per heavy atom. The van der Waals surface area contributed by atoms with Crippen LogP contribution >= 0.6 is 0 Å². The summed E-state index contributed by atoms with van der Waals surface area (Å²) in [4.78, 5) is 26.2. The van der Waals surface area contributed by atoms with E-state index in [4.69, 9.17) is 0 Å². The molecule has 0 aromatic carbocycles. The van der Waals surface area contributed by atoms with Gasteiger partial charge in [-0.1, -0.05) is 6.92 Å². The van der Waals surface area contributed by atoms with Gasteiger partial charge in [0.1, 0.15) is 5.69 Å². The Morgan fingerprint density at radius 3 is 2.71 bits per heavy atom. The molecule has 0 spiro atoms. The van der Waals surface area contributed by atoms with Crippen LogP contribution in [0.3, 0.4) is 0 Å². The van der Waals surface area contributed by atoms with E-state index >= 15 is 0 Å². The molecule has 1 aromatic rings. The van der Waals surface area contributed by atoms with Crippen molar-refractivity contribution in [3.8, 4) is 0 Å². The molecule has 0 atom stereocenters. The second-order valence-corrected chi connectivity index (χ2v) is 5.43. The zero-order valence-electron chi connectivity index (χ0n) is 12.8. The zero-order valence-corrected chi connectivity index (χ0v) is 12.8. The third-order valence-electron chi connectivity index (χ3n) is 4.01. The maximum Gasteiger partial charge on any atom is 0.274 e. The van der Waals surface area contributed by atoms with E-state index in [1.807, 2.05) is 6.92 Å². The number of nitrogens with one attached hydrogen (secondary N) is 2. The van der Waals surface area contributed by atoms with Crippen LogP contribution in [0.1, 0.15) is 30.3 Å². The van der Waals surface area contributed by atoms with Crippen molar-refractivity contribution in [2.45, 2.75) is 25.8 Å². The monoisotopic (exact) mass is 292 g/mol. The summed E-state index contributed by atoms with van der Waals surface area (Å²) in [5.74, 6) is -0.574. The van der Waals surface area contributed by atoms with E-state index < -0.39 is 0 Å². The zero-order chi connectivity index (χ0) is 15.2.